The maximum absolute atomic E-state index is 13.3. The first-order valence-corrected chi connectivity index (χ1v) is 14.7. The second-order valence-electron chi connectivity index (χ2n) is 10.0. The lowest BCUT2D eigenvalue weighted by Gasteiger charge is -2.37. The molecular formula is C28H29ClF3IN4O2. The van der Waals surface area contributed by atoms with Gasteiger partial charge in [0.15, 0.2) is 17.2 Å². The smallest absolute Gasteiger partial charge is 0.433 e. The molecule has 1 aliphatic heterocycles. The molecule has 0 bridgehead atoms. The van der Waals surface area contributed by atoms with Gasteiger partial charge in [0, 0.05) is 37.3 Å². The number of pyridine rings is 2. The van der Waals surface area contributed by atoms with Gasteiger partial charge in [0.25, 0.3) is 0 Å². The van der Waals surface area contributed by atoms with E-state index in [9.17, 15) is 18.3 Å². The van der Waals surface area contributed by atoms with E-state index in [1.807, 2.05) is 11.9 Å². The summed E-state index contributed by atoms with van der Waals surface area (Å²) in [4.78, 5) is 12.5. The van der Waals surface area contributed by atoms with Crippen LogP contribution in [0.15, 0.2) is 48.3 Å². The molecule has 1 saturated heterocycles. The number of hydrogen-bond donors (Lipinski definition) is 1. The summed E-state index contributed by atoms with van der Waals surface area (Å²) in [6, 6.07) is 7.41. The minimum Gasteiger partial charge on any atom is -0.488 e. The predicted molar refractivity (Wildman–Crippen MR) is 154 cm³/mol. The van der Waals surface area contributed by atoms with Crippen molar-refractivity contribution in [1.29, 1.82) is 0 Å². The molecule has 208 valence electrons. The Kier molecular flexibility index (Phi) is 7.91. The predicted octanol–water partition coefficient (Wildman–Crippen LogP) is 6.76. The van der Waals surface area contributed by atoms with E-state index < -0.39 is 17.5 Å². The number of aliphatic hydroxyl groups is 1. The van der Waals surface area contributed by atoms with Crippen LogP contribution < -0.4 is 9.64 Å². The van der Waals surface area contributed by atoms with Crippen molar-refractivity contribution in [2.45, 2.75) is 38.0 Å². The first-order valence-electron chi connectivity index (χ1n) is 12.8. The van der Waals surface area contributed by atoms with Crippen LogP contribution in [0.25, 0.3) is 10.9 Å². The molecule has 3 heterocycles. The van der Waals surface area contributed by atoms with Gasteiger partial charge in [0.1, 0.15) is 5.69 Å². The number of aromatic nitrogens is 2. The zero-order valence-electron chi connectivity index (χ0n) is 21.6. The van der Waals surface area contributed by atoms with E-state index in [4.69, 9.17) is 21.3 Å². The fraction of sp³-hybridized carbons (Fsp3) is 0.429. The van der Waals surface area contributed by atoms with E-state index >= 15 is 0 Å². The van der Waals surface area contributed by atoms with Gasteiger partial charge in [-0.1, -0.05) is 52.4 Å². The maximum Gasteiger partial charge on any atom is 0.433 e. The summed E-state index contributed by atoms with van der Waals surface area (Å²) in [5, 5.41) is 13.4. The van der Waals surface area contributed by atoms with Crippen molar-refractivity contribution in [3.8, 4) is 5.75 Å². The van der Waals surface area contributed by atoms with Crippen molar-refractivity contribution < 1.29 is 23.0 Å². The molecule has 11 heteroatoms. The molecule has 6 nitrogen and oxygen atoms in total. The van der Waals surface area contributed by atoms with Crippen LogP contribution in [0.1, 0.15) is 43.0 Å². The standard InChI is InChI=1S/C28H29ClF3IN4O2/c1-3-23(36(2)16-33)27(38,19-8-10-22(34-14-19)28(30,31)32)18-7-9-21-20(13-18)24(29)25(39-15-17-5-6-17)26(35-21)37-11-4-12-37/h3,7-10,13-14,17,38H,4-6,11-12,15-16H2,1-2H3/b23-3-. The quantitative estimate of drug-likeness (QED) is 0.154. The molecule has 3 aromatic rings. The van der Waals surface area contributed by atoms with E-state index in [2.05, 4.69) is 32.5 Å². The highest BCUT2D eigenvalue weighted by molar-refractivity contribution is 14.1. The number of allylic oxidation sites excluding steroid dienone is 1. The van der Waals surface area contributed by atoms with Gasteiger partial charge in [-0.15, -0.1) is 0 Å². The zero-order chi connectivity index (χ0) is 27.9. The van der Waals surface area contributed by atoms with Crippen LogP contribution in [-0.2, 0) is 11.8 Å². The Labute approximate surface area is 244 Å². The summed E-state index contributed by atoms with van der Waals surface area (Å²) < 4.78 is 46.5. The highest BCUT2D eigenvalue weighted by Gasteiger charge is 2.40. The lowest BCUT2D eigenvalue weighted by molar-refractivity contribution is -0.141. The summed E-state index contributed by atoms with van der Waals surface area (Å²) in [6.07, 6.45) is 1.57. The molecule has 0 spiro atoms. The maximum atomic E-state index is 13.3. The Balaban J connectivity index is 1.67. The number of alkyl halides is 4. The minimum atomic E-state index is -4.59. The SMILES string of the molecule is C/C=C(\N(C)CI)C(O)(c1ccc(C(F)(F)F)nc1)c1ccc2nc(N3CCC3)c(OCC3CC3)c(Cl)c2c1. The van der Waals surface area contributed by atoms with Gasteiger partial charge < -0.3 is 19.6 Å². The lowest BCUT2D eigenvalue weighted by Crippen LogP contribution is -2.38. The average molecular weight is 673 g/mol. The van der Waals surface area contributed by atoms with E-state index in [1.54, 1.807) is 31.2 Å². The number of anilines is 1. The molecule has 1 atom stereocenters. The number of hydrogen-bond acceptors (Lipinski definition) is 6. The molecule has 1 saturated carbocycles. The highest BCUT2D eigenvalue weighted by Crippen LogP contribution is 2.45. The highest BCUT2D eigenvalue weighted by atomic mass is 127. The molecule has 1 aromatic carbocycles. The van der Waals surface area contributed by atoms with Crippen LogP contribution in [0.5, 0.6) is 5.75 Å². The van der Waals surface area contributed by atoms with Crippen LogP contribution in [-0.4, -0.2) is 51.3 Å². The van der Waals surface area contributed by atoms with Gasteiger partial charge in [0.05, 0.1) is 27.4 Å². The van der Waals surface area contributed by atoms with E-state index in [0.717, 1.165) is 44.6 Å². The largest absolute Gasteiger partial charge is 0.488 e. The Hall–Kier alpha value is -2.31. The van der Waals surface area contributed by atoms with Gasteiger partial charge in [-0.05, 0) is 55.9 Å². The van der Waals surface area contributed by atoms with Crippen LogP contribution in [0.3, 0.4) is 0 Å². The number of ether oxygens (including phenoxy) is 1. The zero-order valence-corrected chi connectivity index (χ0v) is 24.5. The average Bonchev–Trinajstić information content (AvgIpc) is 3.71. The molecule has 39 heavy (non-hydrogen) atoms. The van der Waals surface area contributed by atoms with E-state index in [-0.39, 0.29) is 5.56 Å². The molecule has 5 rings (SSSR count). The number of halogens is 5. The Bertz CT molecular complexity index is 1390. The Morgan fingerprint density at radius 2 is 1.95 bits per heavy atom. The fourth-order valence-corrected chi connectivity index (χ4v) is 5.44. The number of nitrogens with zero attached hydrogens (tertiary/aromatic N) is 4. The topological polar surface area (TPSA) is 61.7 Å². The first kappa shape index (κ1) is 28.2. The number of benzene rings is 1. The molecule has 1 aliphatic carbocycles. The van der Waals surface area contributed by atoms with Crippen molar-refractivity contribution in [1.82, 2.24) is 14.9 Å². The summed E-state index contributed by atoms with van der Waals surface area (Å²) in [5.41, 5.74) is -1.08. The van der Waals surface area contributed by atoms with Crippen LogP contribution in [0, 0.1) is 5.92 Å². The summed E-state index contributed by atoms with van der Waals surface area (Å²) in [6.45, 7) is 4.10. The first-order chi connectivity index (χ1) is 18.6. The molecule has 1 N–H and O–H groups in total. The molecule has 2 aliphatic rings. The summed E-state index contributed by atoms with van der Waals surface area (Å²) in [5.74, 6) is 1.77. The molecule has 2 aromatic heterocycles. The van der Waals surface area contributed by atoms with Gasteiger partial charge in [-0.2, -0.15) is 13.2 Å². The number of likely N-dealkylation sites (N-methyl/N-ethyl adjacent to an activating group) is 1. The summed E-state index contributed by atoms with van der Waals surface area (Å²) in [7, 11) is 1.81. The molecule has 0 radical (unpaired) electrons. The van der Waals surface area contributed by atoms with Crippen LogP contribution in [0.2, 0.25) is 5.02 Å². The third kappa shape index (κ3) is 5.39. The third-order valence-electron chi connectivity index (χ3n) is 7.30. The summed E-state index contributed by atoms with van der Waals surface area (Å²) >= 11 is 9.15. The monoisotopic (exact) mass is 672 g/mol. The Morgan fingerprint density at radius 3 is 2.49 bits per heavy atom. The van der Waals surface area contributed by atoms with E-state index in [0.29, 0.717) is 55.8 Å². The van der Waals surface area contributed by atoms with Gasteiger partial charge >= 0.3 is 6.18 Å². The van der Waals surface area contributed by atoms with Gasteiger partial charge in [-0.25, -0.2) is 4.98 Å². The van der Waals surface area contributed by atoms with E-state index in [1.165, 1.54) is 6.07 Å². The fourth-order valence-electron chi connectivity index (χ4n) is 4.78. The Morgan fingerprint density at radius 1 is 1.23 bits per heavy atom. The number of rotatable bonds is 9. The second-order valence-corrected chi connectivity index (χ2v) is 11.1. The lowest BCUT2D eigenvalue weighted by atomic mass is 9.82. The van der Waals surface area contributed by atoms with Crippen LogP contribution in [0.4, 0.5) is 19.0 Å². The van der Waals surface area contributed by atoms with Crippen molar-refractivity contribution in [2.24, 2.45) is 5.92 Å². The van der Waals surface area contributed by atoms with Crippen molar-refractivity contribution >= 4 is 50.9 Å². The van der Waals surface area contributed by atoms with Crippen molar-refractivity contribution in [3.63, 3.8) is 0 Å². The van der Waals surface area contributed by atoms with Gasteiger partial charge in [0.2, 0.25) is 0 Å². The molecule has 2 fully saturated rings. The van der Waals surface area contributed by atoms with Crippen LogP contribution >= 0.6 is 34.2 Å². The van der Waals surface area contributed by atoms with Gasteiger partial charge in [-0.3, -0.25) is 4.98 Å². The second kappa shape index (κ2) is 10.9. The van der Waals surface area contributed by atoms with Crippen molar-refractivity contribution in [3.05, 3.63) is 70.1 Å². The minimum absolute atomic E-state index is 0.200. The molecule has 1 unspecified atom stereocenters. The normalized spacial score (nSPS) is 17.6. The van der Waals surface area contributed by atoms with Crippen molar-refractivity contribution in [2.75, 3.05) is 36.2 Å². The number of fused-ring (bicyclic) bond motifs is 1. The molecular weight excluding hydrogens is 644 g/mol. The molecule has 0 amide bonds. The third-order valence-corrected chi connectivity index (χ3v) is 8.70.